The third kappa shape index (κ3) is 3.31. The Bertz CT molecular complexity index is 736. The number of carboxylic acids is 1. The van der Waals surface area contributed by atoms with E-state index < -0.39 is 23.4 Å². The number of hydrogen-bond donors (Lipinski definition) is 1. The summed E-state index contributed by atoms with van der Waals surface area (Å²) < 4.78 is 39.3. The molecule has 0 aliphatic carbocycles. The van der Waals surface area contributed by atoms with Crippen molar-refractivity contribution in [2.24, 2.45) is 0 Å². The number of carbonyl (C=O) groups is 1. The van der Waals surface area contributed by atoms with Crippen LogP contribution in [0.25, 0.3) is 0 Å². The molecule has 24 heavy (non-hydrogen) atoms. The summed E-state index contributed by atoms with van der Waals surface area (Å²) in [5.74, 6) is -0.956. The Hall–Kier alpha value is -2.65. The molecular weight excluding hydrogens is 327 g/mol. The fourth-order valence-electron chi connectivity index (χ4n) is 2.57. The monoisotopic (exact) mass is 341 g/mol. The quantitative estimate of drug-likeness (QED) is 0.916. The average Bonchev–Trinajstić information content (AvgIpc) is 3.16. The van der Waals surface area contributed by atoms with E-state index in [2.05, 4.69) is 20.0 Å². The molecule has 1 aliphatic rings. The minimum Gasteiger partial charge on any atom is -0.478 e. The first-order valence-corrected chi connectivity index (χ1v) is 7.28. The summed E-state index contributed by atoms with van der Waals surface area (Å²) in [5.41, 5.74) is -1.91. The van der Waals surface area contributed by atoms with Gasteiger partial charge in [0, 0.05) is 19.3 Å². The van der Waals surface area contributed by atoms with Crippen LogP contribution in [0.3, 0.4) is 0 Å². The van der Waals surface area contributed by atoms with Gasteiger partial charge >= 0.3 is 12.1 Å². The van der Waals surface area contributed by atoms with Crippen molar-refractivity contribution in [1.29, 1.82) is 0 Å². The Morgan fingerprint density at radius 2 is 1.92 bits per heavy atom. The van der Waals surface area contributed by atoms with Gasteiger partial charge in [0.05, 0.1) is 24.6 Å². The van der Waals surface area contributed by atoms with Crippen LogP contribution in [0.15, 0.2) is 18.6 Å². The molecule has 2 aromatic rings. The van der Waals surface area contributed by atoms with E-state index in [-0.39, 0.29) is 6.54 Å². The molecule has 0 spiro atoms. The van der Waals surface area contributed by atoms with Crippen LogP contribution in [0, 0.1) is 0 Å². The van der Waals surface area contributed by atoms with E-state index in [1.165, 1.54) is 6.20 Å². The summed E-state index contributed by atoms with van der Waals surface area (Å²) in [4.78, 5) is 21.4. The molecule has 0 unspecified atom stereocenters. The largest absolute Gasteiger partial charge is 0.478 e. The van der Waals surface area contributed by atoms with Crippen molar-refractivity contribution in [3.05, 3.63) is 35.5 Å². The average molecular weight is 341 g/mol. The van der Waals surface area contributed by atoms with E-state index in [0.29, 0.717) is 5.69 Å². The second kappa shape index (κ2) is 6.10. The number of carboxylic acid groups (broad SMARTS) is 1. The zero-order valence-corrected chi connectivity index (χ0v) is 12.5. The van der Waals surface area contributed by atoms with Gasteiger partial charge in [0.1, 0.15) is 11.4 Å². The number of hydrogen-bond acceptors (Lipinski definition) is 5. The molecule has 0 atom stereocenters. The van der Waals surface area contributed by atoms with Crippen LogP contribution < -0.4 is 4.90 Å². The van der Waals surface area contributed by atoms with Crippen LogP contribution >= 0.6 is 0 Å². The number of anilines is 1. The molecule has 0 aromatic carbocycles. The van der Waals surface area contributed by atoms with Gasteiger partial charge in [0.2, 0.25) is 0 Å². The highest BCUT2D eigenvalue weighted by Gasteiger charge is 2.39. The van der Waals surface area contributed by atoms with Gasteiger partial charge in [-0.15, -0.1) is 0 Å². The number of aromatic carboxylic acids is 1. The third-order valence-electron chi connectivity index (χ3n) is 3.71. The number of nitrogens with zero attached hydrogens (tertiary/aromatic N) is 5. The standard InChI is InChI=1S/C14H14F3N5O2/c15-14(16,17)12-10(13(23)24)8-22(20-12)7-9-5-19-11(6-18-9)21-3-1-2-4-21/h5-6,8H,1-4,7H2,(H,23,24). The highest BCUT2D eigenvalue weighted by atomic mass is 19.4. The number of rotatable bonds is 4. The van der Waals surface area contributed by atoms with Crippen molar-refractivity contribution >= 4 is 11.8 Å². The van der Waals surface area contributed by atoms with Gasteiger partial charge in [-0.1, -0.05) is 0 Å². The molecule has 1 saturated heterocycles. The zero-order chi connectivity index (χ0) is 17.3. The van der Waals surface area contributed by atoms with Crippen molar-refractivity contribution in [1.82, 2.24) is 19.7 Å². The fraction of sp³-hybridized carbons (Fsp3) is 0.429. The Labute approximate surface area is 134 Å². The van der Waals surface area contributed by atoms with Crippen LogP contribution in [-0.2, 0) is 12.7 Å². The Morgan fingerprint density at radius 1 is 1.21 bits per heavy atom. The maximum absolute atomic E-state index is 12.8. The molecule has 3 rings (SSSR count). The predicted molar refractivity (Wildman–Crippen MR) is 76.8 cm³/mol. The summed E-state index contributed by atoms with van der Waals surface area (Å²) in [6.07, 6.45) is 1.23. The first-order chi connectivity index (χ1) is 11.3. The molecule has 0 amide bonds. The molecule has 1 fully saturated rings. The van der Waals surface area contributed by atoms with Crippen molar-refractivity contribution in [3.63, 3.8) is 0 Å². The van der Waals surface area contributed by atoms with Gasteiger partial charge in [-0.05, 0) is 12.8 Å². The van der Waals surface area contributed by atoms with E-state index in [1.807, 2.05) is 0 Å². The minimum atomic E-state index is -4.83. The van der Waals surface area contributed by atoms with Crippen molar-refractivity contribution < 1.29 is 23.1 Å². The predicted octanol–water partition coefficient (Wildman–Crippen LogP) is 2.04. The van der Waals surface area contributed by atoms with Gasteiger partial charge in [-0.3, -0.25) is 9.67 Å². The molecule has 10 heteroatoms. The molecule has 1 N–H and O–H groups in total. The summed E-state index contributed by atoms with van der Waals surface area (Å²) in [6, 6.07) is 0. The molecule has 1 aliphatic heterocycles. The molecule has 0 bridgehead atoms. The summed E-state index contributed by atoms with van der Waals surface area (Å²) in [6.45, 7) is 1.72. The van der Waals surface area contributed by atoms with E-state index >= 15 is 0 Å². The first-order valence-electron chi connectivity index (χ1n) is 7.28. The van der Waals surface area contributed by atoms with Crippen LogP contribution in [-0.4, -0.2) is 43.9 Å². The maximum Gasteiger partial charge on any atom is 0.436 e. The zero-order valence-electron chi connectivity index (χ0n) is 12.5. The van der Waals surface area contributed by atoms with E-state index in [9.17, 15) is 18.0 Å². The molecule has 0 radical (unpaired) electrons. The lowest BCUT2D eigenvalue weighted by Gasteiger charge is -2.15. The molecule has 2 aromatic heterocycles. The third-order valence-corrected chi connectivity index (χ3v) is 3.71. The lowest BCUT2D eigenvalue weighted by Crippen LogP contribution is -2.19. The fourth-order valence-corrected chi connectivity index (χ4v) is 2.57. The van der Waals surface area contributed by atoms with Gasteiger partial charge in [0.25, 0.3) is 0 Å². The second-order valence-electron chi connectivity index (χ2n) is 5.45. The van der Waals surface area contributed by atoms with E-state index in [0.717, 1.165) is 42.6 Å². The number of aromatic nitrogens is 4. The van der Waals surface area contributed by atoms with Crippen LogP contribution in [0.5, 0.6) is 0 Å². The van der Waals surface area contributed by atoms with E-state index in [4.69, 9.17) is 5.11 Å². The SMILES string of the molecule is O=C(O)c1cn(Cc2cnc(N3CCCC3)cn2)nc1C(F)(F)F. The van der Waals surface area contributed by atoms with Crippen LogP contribution in [0.1, 0.15) is 34.6 Å². The van der Waals surface area contributed by atoms with Crippen LogP contribution in [0.2, 0.25) is 0 Å². The molecule has 0 saturated carbocycles. The Balaban J connectivity index is 1.79. The highest BCUT2D eigenvalue weighted by molar-refractivity contribution is 5.88. The maximum atomic E-state index is 12.8. The smallest absolute Gasteiger partial charge is 0.436 e. The summed E-state index contributed by atoms with van der Waals surface area (Å²) in [7, 11) is 0. The number of halogens is 3. The molecule has 7 nitrogen and oxygen atoms in total. The molecular formula is C14H14F3N5O2. The van der Waals surface area contributed by atoms with Gasteiger partial charge in [0.15, 0.2) is 5.69 Å². The lowest BCUT2D eigenvalue weighted by molar-refractivity contribution is -0.142. The van der Waals surface area contributed by atoms with Gasteiger partial charge < -0.3 is 10.0 Å². The van der Waals surface area contributed by atoms with E-state index in [1.54, 1.807) is 6.20 Å². The Morgan fingerprint density at radius 3 is 2.42 bits per heavy atom. The Kier molecular flexibility index (Phi) is 4.12. The van der Waals surface area contributed by atoms with Crippen molar-refractivity contribution in [2.75, 3.05) is 18.0 Å². The first kappa shape index (κ1) is 16.2. The lowest BCUT2D eigenvalue weighted by atomic mass is 10.2. The highest BCUT2D eigenvalue weighted by Crippen LogP contribution is 2.30. The second-order valence-corrected chi connectivity index (χ2v) is 5.45. The minimum absolute atomic E-state index is 0.0936. The molecule has 3 heterocycles. The van der Waals surface area contributed by atoms with Crippen molar-refractivity contribution in [3.8, 4) is 0 Å². The van der Waals surface area contributed by atoms with Crippen molar-refractivity contribution in [2.45, 2.75) is 25.6 Å². The van der Waals surface area contributed by atoms with Gasteiger partial charge in [-0.2, -0.15) is 18.3 Å². The summed E-state index contributed by atoms with van der Waals surface area (Å²) >= 11 is 0. The van der Waals surface area contributed by atoms with Crippen LogP contribution in [0.4, 0.5) is 19.0 Å². The molecule has 128 valence electrons. The number of alkyl halides is 3. The topological polar surface area (TPSA) is 84.1 Å². The van der Waals surface area contributed by atoms with Gasteiger partial charge in [-0.25, -0.2) is 9.78 Å². The normalized spacial score (nSPS) is 15.0. The summed E-state index contributed by atoms with van der Waals surface area (Å²) in [5, 5.41) is 12.2.